The summed E-state index contributed by atoms with van der Waals surface area (Å²) in [6, 6.07) is 7.00. The Morgan fingerprint density at radius 3 is 2.83 bits per heavy atom. The molecule has 2 atom stereocenters. The number of benzene rings is 1. The van der Waals surface area contributed by atoms with Gasteiger partial charge in [-0.3, -0.25) is 4.31 Å². The molecular formula is C14H17N3O5S. The van der Waals surface area contributed by atoms with Gasteiger partial charge in [0.15, 0.2) is 0 Å². The van der Waals surface area contributed by atoms with Crippen LogP contribution in [0.15, 0.2) is 33.5 Å². The maximum absolute atomic E-state index is 12.0. The van der Waals surface area contributed by atoms with Crippen LogP contribution in [-0.4, -0.2) is 37.5 Å². The molecule has 1 aromatic carbocycles. The Morgan fingerprint density at radius 2 is 2.17 bits per heavy atom. The molecule has 8 nitrogen and oxygen atoms in total. The number of sulfonamides is 1. The molecule has 0 spiro atoms. The van der Waals surface area contributed by atoms with Crippen LogP contribution in [0.5, 0.6) is 5.75 Å². The first kappa shape index (κ1) is 15.6. The van der Waals surface area contributed by atoms with Crippen molar-refractivity contribution in [2.24, 2.45) is 0 Å². The fourth-order valence-electron chi connectivity index (χ4n) is 2.65. The summed E-state index contributed by atoms with van der Waals surface area (Å²) in [5.41, 5.74) is 0.533. The summed E-state index contributed by atoms with van der Waals surface area (Å²) < 4.78 is 36.3. The van der Waals surface area contributed by atoms with E-state index in [1.807, 2.05) is 6.92 Å². The van der Waals surface area contributed by atoms with Crippen molar-refractivity contribution < 1.29 is 17.6 Å². The first-order chi connectivity index (χ1) is 10.8. The fraction of sp³-hybridized carbons (Fsp3) is 0.429. The molecule has 2 aromatic rings. The van der Waals surface area contributed by atoms with Crippen LogP contribution < -0.4 is 14.8 Å². The maximum Gasteiger partial charge on any atom is 0.434 e. The van der Waals surface area contributed by atoms with Crippen molar-refractivity contribution in [1.29, 1.82) is 0 Å². The summed E-state index contributed by atoms with van der Waals surface area (Å²) in [4.78, 5) is 11.0. The number of H-pyrrole nitrogens is 1. The van der Waals surface area contributed by atoms with Crippen LogP contribution in [0.2, 0.25) is 0 Å². The first-order valence-electron chi connectivity index (χ1n) is 7.13. The van der Waals surface area contributed by atoms with Crippen molar-refractivity contribution in [3.63, 3.8) is 0 Å². The van der Waals surface area contributed by atoms with Crippen LogP contribution in [0, 0.1) is 0 Å². The minimum atomic E-state index is -3.41. The number of para-hydroxylation sites is 2. The highest BCUT2D eigenvalue weighted by molar-refractivity contribution is 7.92. The van der Waals surface area contributed by atoms with Crippen LogP contribution in [0.1, 0.15) is 25.2 Å². The van der Waals surface area contributed by atoms with E-state index >= 15 is 0 Å². The highest BCUT2D eigenvalue weighted by atomic mass is 32.2. The number of rotatable bonds is 4. The third-order valence-electron chi connectivity index (χ3n) is 3.69. The zero-order chi connectivity index (χ0) is 16.6. The van der Waals surface area contributed by atoms with Gasteiger partial charge in [-0.15, -0.1) is 5.10 Å². The van der Waals surface area contributed by atoms with Gasteiger partial charge >= 0.3 is 5.76 Å². The lowest BCUT2D eigenvalue weighted by atomic mass is 10.0. The number of aromatic nitrogens is 2. The molecule has 1 aliphatic heterocycles. The molecule has 0 saturated carbocycles. The van der Waals surface area contributed by atoms with E-state index in [0.717, 1.165) is 0 Å². The standard InChI is InChI=1S/C14H17N3O5S/c1-9(13-15-16-14(18)22-13)7-10-8-17(23(2,19)20)11-5-3-4-6-12(11)21-10/h3-6,9-10H,7-8H2,1-2H3,(H,16,18)/t9-,10+/m1/s1. The zero-order valence-electron chi connectivity index (χ0n) is 12.7. The predicted molar refractivity (Wildman–Crippen MR) is 83.2 cm³/mol. The summed E-state index contributed by atoms with van der Waals surface area (Å²) in [6.07, 6.45) is 1.27. The third kappa shape index (κ3) is 3.24. The lowest BCUT2D eigenvalue weighted by Gasteiger charge is -2.35. The number of anilines is 1. The number of nitrogens with one attached hydrogen (secondary N) is 1. The van der Waals surface area contributed by atoms with Crippen LogP contribution in [0.3, 0.4) is 0 Å². The van der Waals surface area contributed by atoms with Crippen molar-refractivity contribution in [3.8, 4) is 5.75 Å². The molecule has 3 rings (SSSR count). The van der Waals surface area contributed by atoms with E-state index < -0.39 is 15.8 Å². The molecule has 0 bridgehead atoms. The normalized spacial score (nSPS) is 19.0. The predicted octanol–water partition coefficient (Wildman–Crippen LogP) is 1.08. The van der Waals surface area contributed by atoms with Gasteiger partial charge in [0, 0.05) is 5.92 Å². The summed E-state index contributed by atoms with van der Waals surface area (Å²) in [5.74, 6) is -0.00152. The van der Waals surface area contributed by atoms with Gasteiger partial charge in [0.05, 0.1) is 18.5 Å². The molecule has 23 heavy (non-hydrogen) atoms. The van der Waals surface area contributed by atoms with Crippen LogP contribution >= 0.6 is 0 Å². The molecule has 1 aromatic heterocycles. The molecule has 1 N–H and O–H groups in total. The Kier molecular flexibility index (Phi) is 3.88. The van der Waals surface area contributed by atoms with E-state index in [1.165, 1.54) is 10.6 Å². The Morgan fingerprint density at radius 1 is 1.43 bits per heavy atom. The first-order valence-corrected chi connectivity index (χ1v) is 8.98. The molecule has 1 aliphatic rings. The number of aromatic amines is 1. The number of hydrogen-bond donors (Lipinski definition) is 1. The molecule has 124 valence electrons. The van der Waals surface area contributed by atoms with Gasteiger partial charge in [0.2, 0.25) is 15.9 Å². The second kappa shape index (κ2) is 5.73. The molecule has 0 aliphatic carbocycles. The van der Waals surface area contributed by atoms with E-state index in [0.29, 0.717) is 17.9 Å². The van der Waals surface area contributed by atoms with Gasteiger partial charge in [0.25, 0.3) is 0 Å². The fourth-order valence-corrected chi connectivity index (χ4v) is 3.59. The van der Waals surface area contributed by atoms with E-state index in [-0.39, 0.29) is 24.5 Å². The maximum atomic E-state index is 12.0. The SMILES string of the molecule is C[C@H](C[C@H]1CN(S(C)(=O)=O)c2ccccc2O1)c1n[nH]c(=O)o1. The van der Waals surface area contributed by atoms with Crippen molar-refractivity contribution in [3.05, 3.63) is 40.7 Å². The van der Waals surface area contributed by atoms with Crippen LogP contribution in [0.4, 0.5) is 5.69 Å². The third-order valence-corrected chi connectivity index (χ3v) is 4.84. The van der Waals surface area contributed by atoms with Gasteiger partial charge in [-0.2, -0.15) is 0 Å². The van der Waals surface area contributed by atoms with Gasteiger partial charge in [0.1, 0.15) is 11.9 Å². The van der Waals surface area contributed by atoms with Gasteiger partial charge in [-0.1, -0.05) is 19.1 Å². The van der Waals surface area contributed by atoms with Crippen molar-refractivity contribution in [2.45, 2.75) is 25.4 Å². The van der Waals surface area contributed by atoms with Gasteiger partial charge < -0.3 is 9.15 Å². The number of fused-ring (bicyclic) bond motifs is 1. The largest absolute Gasteiger partial charge is 0.486 e. The van der Waals surface area contributed by atoms with Crippen molar-refractivity contribution in [1.82, 2.24) is 10.2 Å². The summed E-state index contributed by atoms with van der Waals surface area (Å²) in [7, 11) is -3.41. The molecule has 0 fully saturated rings. The lowest BCUT2D eigenvalue weighted by Crippen LogP contribution is -2.43. The monoisotopic (exact) mass is 339 g/mol. The Balaban J connectivity index is 1.84. The molecular weight excluding hydrogens is 322 g/mol. The van der Waals surface area contributed by atoms with Gasteiger partial charge in [-0.05, 0) is 18.6 Å². The highest BCUT2D eigenvalue weighted by Crippen LogP contribution is 2.36. The van der Waals surface area contributed by atoms with E-state index in [2.05, 4.69) is 10.2 Å². The quantitative estimate of drug-likeness (QED) is 0.893. The average molecular weight is 339 g/mol. The van der Waals surface area contributed by atoms with Crippen molar-refractivity contribution in [2.75, 3.05) is 17.1 Å². The number of nitrogens with zero attached hydrogens (tertiary/aromatic N) is 2. The van der Waals surface area contributed by atoms with Gasteiger partial charge in [-0.25, -0.2) is 18.3 Å². The Hall–Kier alpha value is -2.29. The second-order valence-corrected chi connectivity index (χ2v) is 7.50. The van der Waals surface area contributed by atoms with Crippen molar-refractivity contribution >= 4 is 15.7 Å². The summed E-state index contributed by atoms with van der Waals surface area (Å²) in [5, 5.41) is 6.02. The molecule has 0 amide bonds. The van der Waals surface area contributed by atoms with Crippen LogP contribution in [0.25, 0.3) is 0 Å². The lowest BCUT2D eigenvalue weighted by molar-refractivity contribution is 0.177. The molecule has 0 radical (unpaired) electrons. The Labute approximate surface area is 133 Å². The minimum absolute atomic E-state index is 0.189. The second-order valence-electron chi connectivity index (χ2n) is 5.59. The molecule has 9 heteroatoms. The summed E-state index contributed by atoms with van der Waals surface area (Å²) in [6.45, 7) is 2.04. The smallest absolute Gasteiger partial charge is 0.434 e. The average Bonchev–Trinajstić information content (AvgIpc) is 2.92. The topological polar surface area (TPSA) is 105 Å². The highest BCUT2D eigenvalue weighted by Gasteiger charge is 2.32. The number of hydrogen-bond acceptors (Lipinski definition) is 6. The minimum Gasteiger partial charge on any atom is -0.486 e. The van der Waals surface area contributed by atoms with E-state index in [4.69, 9.17) is 9.15 Å². The summed E-state index contributed by atoms with van der Waals surface area (Å²) >= 11 is 0. The van der Waals surface area contributed by atoms with E-state index in [9.17, 15) is 13.2 Å². The van der Waals surface area contributed by atoms with Crippen LogP contribution in [-0.2, 0) is 10.0 Å². The van der Waals surface area contributed by atoms with E-state index in [1.54, 1.807) is 24.3 Å². The molecule has 2 heterocycles. The Bertz CT molecular complexity index is 857. The molecule has 0 unspecified atom stereocenters. The zero-order valence-corrected chi connectivity index (χ0v) is 13.5. The molecule has 0 saturated heterocycles. The number of ether oxygens (including phenoxy) is 1.